The van der Waals surface area contributed by atoms with Crippen molar-refractivity contribution < 1.29 is 10.0 Å². The number of carbonyl (C=O) groups excluding carboxylic acids is 1. The highest BCUT2D eigenvalue weighted by molar-refractivity contribution is 5.97. The molecule has 2 rings (SSSR count). The van der Waals surface area contributed by atoms with Gasteiger partial charge in [-0.3, -0.25) is 0 Å². The molecule has 21 heavy (non-hydrogen) atoms. The summed E-state index contributed by atoms with van der Waals surface area (Å²) in [5, 5.41) is 16.9. The van der Waals surface area contributed by atoms with Gasteiger partial charge in [-0.25, -0.2) is 4.79 Å². The van der Waals surface area contributed by atoms with Gasteiger partial charge >= 0.3 is 6.03 Å². The third-order valence-electron chi connectivity index (χ3n) is 2.84. The van der Waals surface area contributed by atoms with E-state index in [1.807, 2.05) is 30.3 Å². The Morgan fingerprint density at radius 3 is 2.38 bits per heavy atom. The van der Waals surface area contributed by atoms with Crippen LogP contribution >= 0.6 is 0 Å². The summed E-state index contributed by atoms with van der Waals surface area (Å²) >= 11 is 0. The molecule has 0 aliphatic rings. The summed E-state index contributed by atoms with van der Waals surface area (Å²) in [5.74, 6) is 0.0232. The van der Waals surface area contributed by atoms with Crippen LogP contribution in [0.4, 0.5) is 10.5 Å². The maximum absolute atomic E-state index is 11.8. The van der Waals surface area contributed by atoms with Crippen LogP contribution in [0.3, 0.4) is 0 Å². The van der Waals surface area contributed by atoms with Gasteiger partial charge in [-0.1, -0.05) is 35.5 Å². The molecule has 2 aromatic rings. The minimum Gasteiger partial charge on any atom is -0.409 e. The zero-order chi connectivity index (χ0) is 15.1. The first-order valence-electron chi connectivity index (χ1n) is 6.36. The number of oxime groups is 1. The van der Waals surface area contributed by atoms with Crippen molar-refractivity contribution in [3.8, 4) is 0 Å². The van der Waals surface area contributed by atoms with Gasteiger partial charge in [-0.15, -0.1) is 0 Å². The maximum Gasteiger partial charge on any atom is 0.319 e. The molecule has 0 fully saturated rings. The lowest BCUT2D eigenvalue weighted by molar-refractivity contribution is 0.251. The molecular weight excluding hydrogens is 268 g/mol. The number of amidine groups is 1. The van der Waals surface area contributed by atoms with Crippen LogP contribution in [0.5, 0.6) is 0 Å². The zero-order valence-corrected chi connectivity index (χ0v) is 11.3. The summed E-state index contributed by atoms with van der Waals surface area (Å²) in [6.07, 6.45) is 0. The molecule has 0 heterocycles. The van der Waals surface area contributed by atoms with Gasteiger partial charge in [0.25, 0.3) is 0 Å². The van der Waals surface area contributed by atoms with Crippen molar-refractivity contribution in [1.29, 1.82) is 0 Å². The average molecular weight is 284 g/mol. The summed E-state index contributed by atoms with van der Waals surface area (Å²) in [4.78, 5) is 11.8. The maximum atomic E-state index is 11.8. The van der Waals surface area contributed by atoms with Crippen LogP contribution in [0.2, 0.25) is 0 Å². The molecule has 0 saturated heterocycles. The largest absolute Gasteiger partial charge is 0.409 e. The number of hydrogen-bond donors (Lipinski definition) is 4. The standard InChI is InChI=1S/C15H16N4O2/c16-14(19-21)12-6-8-13(9-7-12)18-15(20)17-10-11-4-2-1-3-5-11/h1-9,21H,10H2,(H2,16,19)(H2,17,18,20). The van der Waals surface area contributed by atoms with Crippen molar-refractivity contribution in [3.05, 3.63) is 65.7 Å². The number of hydrogen-bond acceptors (Lipinski definition) is 3. The molecule has 5 N–H and O–H groups in total. The van der Waals surface area contributed by atoms with Crippen molar-refractivity contribution in [2.24, 2.45) is 10.9 Å². The van der Waals surface area contributed by atoms with Crippen molar-refractivity contribution >= 4 is 17.6 Å². The Morgan fingerprint density at radius 2 is 1.76 bits per heavy atom. The molecule has 2 aromatic carbocycles. The van der Waals surface area contributed by atoms with E-state index >= 15 is 0 Å². The normalized spacial score (nSPS) is 11.0. The Kier molecular flexibility index (Phi) is 4.76. The molecule has 0 spiro atoms. The van der Waals surface area contributed by atoms with Crippen molar-refractivity contribution in [3.63, 3.8) is 0 Å². The number of benzene rings is 2. The van der Waals surface area contributed by atoms with E-state index in [1.54, 1.807) is 24.3 Å². The van der Waals surface area contributed by atoms with E-state index in [4.69, 9.17) is 10.9 Å². The second-order valence-corrected chi connectivity index (χ2v) is 4.36. The number of nitrogens with two attached hydrogens (primary N) is 1. The van der Waals surface area contributed by atoms with Gasteiger partial charge in [-0.05, 0) is 29.8 Å². The molecule has 6 heteroatoms. The fourth-order valence-corrected chi connectivity index (χ4v) is 1.74. The van der Waals surface area contributed by atoms with Gasteiger partial charge < -0.3 is 21.6 Å². The molecule has 0 unspecified atom stereocenters. The van der Waals surface area contributed by atoms with E-state index in [2.05, 4.69) is 15.8 Å². The van der Waals surface area contributed by atoms with Crippen LogP contribution in [-0.4, -0.2) is 17.1 Å². The summed E-state index contributed by atoms with van der Waals surface area (Å²) in [5.41, 5.74) is 7.68. The SMILES string of the molecule is N/C(=N/O)c1ccc(NC(=O)NCc2ccccc2)cc1. The lowest BCUT2D eigenvalue weighted by Gasteiger charge is -2.08. The van der Waals surface area contributed by atoms with Crippen molar-refractivity contribution in [1.82, 2.24) is 5.32 Å². The average Bonchev–Trinajstić information content (AvgIpc) is 2.54. The highest BCUT2D eigenvalue weighted by Gasteiger charge is 2.03. The summed E-state index contributed by atoms with van der Waals surface area (Å²) in [7, 11) is 0. The van der Waals surface area contributed by atoms with E-state index < -0.39 is 0 Å². The molecule has 0 saturated carbocycles. The molecule has 0 aliphatic carbocycles. The number of urea groups is 1. The zero-order valence-electron chi connectivity index (χ0n) is 11.3. The minimum absolute atomic E-state index is 0.0232. The fraction of sp³-hybridized carbons (Fsp3) is 0.0667. The predicted molar refractivity (Wildman–Crippen MR) is 81.3 cm³/mol. The Labute approximate surface area is 122 Å². The van der Waals surface area contributed by atoms with Crippen LogP contribution in [0, 0.1) is 0 Å². The van der Waals surface area contributed by atoms with Gasteiger partial charge in [-0.2, -0.15) is 0 Å². The first-order valence-corrected chi connectivity index (χ1v) is 6.36. The molecule has 0 atom stereocenters. The Morgan fingerprint density at radius 1 is 1.10 bits per heavy atom. The first-order chi connectivity index (χ1) is 10.2. The van der Waals surface area contributed by atoms with E-state index in [0.29, 0.717) is 17.8 Å². The molecule has 6 nitrogen and oxygen atoms in total. The molecule has 0 bridgehead atoms. The van der Waals surface area contributed by atoms with Crippen LogP contribution in [0.1, 0.15) is 11.1 Å². The second-order valence-electron chi connectivity index (χ2n) is 4.36. The van der Waals surface area contributed by atoms with Crippen molar-refractivity contribution in [2.75, 3.05) is 5.32 Å². The van der Waals surface area contributed by atoms with Gasteiger partial charge in [0.1, 0.15) is 0 Å². The van der Waals surface area contributed by atoms with Gasteiger partial charge in [0.05, 0.1) is 0 Å². The Balaban J connectivity index is 1.88. The fourth-order valence-electron chi connectivity index (χ4n) is 1.74. The molecule has 108 valence electrons. The van der Waals surface area contributed by atoms with Gasteiger partial charge in [0.2, 0.25) is 0 Å². The van der Waals surface area contributed by atoms with Crippen LogP contribution in [-0.2, 0) is 6.54 Å². The highest BCUT2D eigenvalue weighted by Crippen LogP contribution is 2.09. The molecule has 2 amide bonds. The third kappa shape index (κ3) is 4.24. The summed E-state index contributed by atoms with van der Waals surface area (Å²) in [6, 6.07) is 16.0. The van der Waals surface area contributed by atoms with Crippen molar-refractivity contribution in [2.45, 2.75) is 6.54 Å². The molecule has 0 aromatic heterocycles. The third-order valence-corrected chi connectivity index (χ3v) is 2.84. The van der Waals surface area contributed by atoms with E-state index in [-0.39, 0.29) is 11.9 Å². The summed E-state index contributed by atoms with van der Waals surface area (Å²) < 4.78 is 0. The predicted octanol–water partition coefficient (Wildman–Crippen LogP) is 2.10. The van der Waals surface area contributed by atoms with Crippen LogP contribution in [0.25, 0.3) is 0 Å². The molecular formula is C15H16N4O2. The first kappa shape index (κ1) is 14.4. The van der Waals surface area contributed by atoms with Crippen LogP contribution in [0.15, 0.2) is 59.8 Å². The quantitative estimate of drug-likeness (QED) is 0.299. The van der Waals surface area contributed by atoms with E-state index in [0.717, 1.165) is 5.56 Å². The lowest BCUT2D eigenvalue weighted by atomic mass is 10.2. The van der Waals surface area contributed by atoms with Crippen LogP contribution < -0.4 is 16.4 Å². The second kappa shape index (κ2) is 6.95. The highest BCUT2D eigenvalue weighted by atomic mass is 16.4. The van der Waals surface area contributed by atoms with Gasteiger partial charge in [0, 0.05) is 17.8 Å². The number of nitrogens with one attached hydrogen (secondary N) is 2. The lowest BCUT2D eigenvalue weighted by Crippen LogP contribution is -2.28. The molecule has 0 radical (unpaired) electrons. The Bertz CT molecular complexity index is 624. The topological polar surface area (TPSA) is 99.7 Å². The molecule has 0 aliphatic heterocycles. The Hall–Kier alpha value is -3.02. The monoisotopic (exact) mass is 284 g/mol. The number of anilines is 1. The smallest absolute Gasteiger partial charge is 0.319 e. The minimum atomic E-state index is -0.296. The summed E-state index contributed by atoms with van der Waals surface area (Å²) in [6.45, 7) is 0.453. The van der Waals surface area contributed by atoms with E-state index in [9.17, 15) is 4.79 Å². The number of rotatable bonds is 4. The van der Waals surface area contributed by atoms with E-state index in [1.165, 1.54) is 0 Å². The van der Waals surface area contributed by atoms with Gasteiger partial charge in [0.15, 0.2) is 5.84 Å². The number of carbonyl (C=O) groups is 1. The number of nitrogens with zero attached hydrogens (tertiary/aromatic N) is 1. The number of amides is 2.